The number of rotatable bonds is 5. The maximum atomic E-state index is 13.6. The lowest BCUT2D eigenvalue weighted by Crippen LogP contribution is -2.73. The van der Waals surface area contributed by atoms with Gasteiger partial charge in [0.2, 0.25) is 11.8 Å². The summed E-state index contributed by atoms with van der Waals surface area (Å²) in [5.74, 6) is -0.540. The quantitative estimate of drug-likeness (QED) is 0.657. The first-order valence-corrected chi connectivity index (χ1v) is 11.1. The number of hydrogen-bond acceptors (Lipinski definition) is 3. The molecule has 3 atom stereocenters. The zero-order valence-corrected chi connectivity index (χ0v) is 18.1. The van der Waals surface area contributed by atoms with E-state index in [9.17, 15) is 19.1 Å². The number of benzene rings is 3. The van der Waals surface area contributed by atoms with Crippen LogP contribution in [0.1, 0.15) is 17.0 Å². The fraction of sp³-hybridized carbons (Fsp3) is 0.259. The fourth-order valence-corrected chi connectivity index (χ4v) is 5.14. The number of nitrogens with zero attached hydrogens (tertiary/aromatic N) is 2. The van der Waals surface area contributed by atoms with Crippen LogP contribution < -0.4 is 0 Å². The minimum atomic E-state index is -0.297. The fourth-order valence-electron chi connectivity index (χ4n) is 5.14. The molecule has 0 unspecified atom stereocenters. The second-order valence-corrected chi connectivity index (χ2v) is 8.71. The zero-order chi connectivity index (χ0) is 22.9. The number of hydrogen-bond donors (Lipinski definition) is 1. The lowest BCUT2D eigenvalue weighted by Gasteiger charge is -2.58. The summed E-state index contributed by atoms with van der Waals surface area (Å²) in [6, 6.07) is 23.3. The van der Waals surface area contributed by atoms with E-state index in [1.54, 1.807) is 15.9 Å². The summed E-state index contributed by atoms with van der Waals surface area (Å²) in [5, 5.41) is 9.99. The van der Waals surface area contributed by atoms with Gasteiger partial charge in [-0.2, -0.15) is 0 Å². The molecule has 3 aromatic rings. The first-order chi connectivity index (χ1) is 16.0. The molecule has 0 aliphatic carbocycles. The Balaban J connectivity index is 1.35. The molecule has 0 saturated carbocycles. The summed E-state index contributed by atoms with van der Waals surface area (Å²) in [6.07, 6.45) is 0.261. The summed E-state index contributed by atoms with van der Waals surface area (Å²) < 4.78 is 13.6. The second kappa shape index (κ2) is 8.79. The standard InChI is InChI=1S/C27H25FN2O3/c28-22-8-4-7-21(14-22)19-9-11-20(12-10-19)27-23-15-29(16-26(33)30(23)24(27)17-31)25(32)13-18-5-2-1-3-6-18/h1-12,14,23-24,27,31H,13,15-17H2/t23-,24+,27+/m0/s1. The third kappa shape index (κ3) is 4.02. The maximum absolute atomic E-state index is 13.6. The summed E-state index contributed by atoms with van der Waals surface area (Å²) in [7, 11) is 0. The van der Waals surface area contributed by atoms with Crippen LogP contribution in [0.4, 0.5) is 4.39 Å². The van der Waals surface area contributed by atoms with E-state index in [1.165, 1.54) is 12.1 Å². The molecule has 2 aliphatic heterocycles. The third-order valence-corrected chi connectivity index (χ3v) is 6.76. The van der Waals surface area contributed by atoms with Gasteiger partial charge in [-0.25, -0.2) is 4.39 Å². The number of aliphatic hydroxyl groups is 1. The zero-order valence-electron chi connectivity index (χ0n) is 18.1. The maximum Gasteiger partial charge on any atom is 0.242 e. The van der Waals surface area contributed by atoms with Gasteiger partial charge in [0.15, 0.2) is 0 Å². The third-order valence-electron chi connectivity index (χ3n) is 6.76. The number of fused-ring (bicyclic) bond motifs is 1. The van der Waals surface area contributed by atoms with Crippen molar-refractivity contribution in [2.45, 2.75) is 24.4 Å². The average Bonchev–Trinajstić information content (AvgIpc) is 2.81. The minimum Gasteiger partial charge on any atom is -0.394 e. The molecule has 0 radical (unpaired) electrons. The topological polar surface area (TPSA) is 60.9 Å². The van der Waals surface area contributed by atoms with Gasteiger partial charge in [0, 0.05) is 12.5 Å². The van der Waals surface area contributed by atoms with Gasteiger partial charge in [-0.05, 0) is 34.4 Å². The Hall–Kier alpha value is -3.51. The van der Waals surface area contributed by atoms with E-state index in [2.05, 4.69) is 0 Å². The Morgan fingerprint density at radius 2 is 1.73 bits per heavy atom. The Bertz CT molecular complexity index is 1170. The Morgan fingerprint density at radius 1 is 0.970 bits per heavy atom. The van der Waals surface area contributed by atoms with Crippen molar-refractivity contribution in [1.82, 2.24) is 9.80 Å². The molecule has 168 valence electrons. The van der Waals surface area contributed by atoms with E-state index in [-0.39, 0.29) is 55.2 Å². The predicted molar refractivity (Wildman–Crippen MR) is 123 cm³/mol. The molecule has 0 spiro atoms. The molecule has 0 bridgehead atoms. The first kappa shape index (κ1) is 21.3. The van der Waals surface area contributed by atoms with Crippen molar-refractivity contribution in [3.8, 4) is 11.1 Å². The van der Waals surface area contributed by atoms with Crippen LogP contribution in [0.15, 0.2) is 78.9 Å². The Morgan fingerprint density at radius 3 is 2.42 bits per heavy atom. The molecule has 5 rings (SSSR count). The largest absolute Gasteiger partial charge is 0.394 e. The molecular weight excluding hydrogens is 419 g/mol. The van der Waals surface area contributed by atoms with Crippen LogP contribution >= 0.6 is 0 Å². The lowest BCUT2D eigenvalue weighted by atomic mass is 9.73. The predicted octanol–water partition coefficient (Wildman–Crippen LogP) is 3.23. The molecule has 2 aliphatic rings. The minimum absolute atomic E-state index is 0.0455. The highest BCUT2D eigenvalue weighted by atomic mass is 19.1. The molecule has 2 amide bonds. The van der Waals surface area contributed by atoms with Gasteiger partial charge in [-0.1, -0.05) is 66.7 Å². The number of amides is 2. The van der Waals surface area contributed by atoms with Crippen LogP contribution in [0, 0.1) is 5.82 Å². The van der Waals surface area contributed by atoms with Gasteiger partial charge in [0.25, 0.3) is 0 Å². The van der Waals surface area contributed by atoms with Crippen LogP contribution in [-0.4, -0.2) is 58.5 Å². The highest BCUT2D eigenvalue weighted by Crippen LogP contribution is 2.43. The van der Waals surface area contributed by atoms with Crippen molar-refractivity contribution in [1.29, 1.82) is 0 Å². The van der Waals surface area contributed by atoms with Crippen molar-refractivity contribution in [3.63, 3.8) is 0 Å². The average molecular weight is 445 g/mol. The SMILES string of the molecule is O=C(Cc1ccccc1)N1CC(=O)N2[C@H](CO)[C@H](c3ccc(-c4cccc(F)c4)cc3)[C@@H]2C1. The van der Waals surface area contributed by atoms with Gasteiger partial charge in [-0.15, -0.1) is 0 Å². The van der Waals surface area contributed by atoms with Crippen molar-refractivity contribution in [3.05, 3.63) is 95.8 Å². The van der Waals surface area contributed by atoms with E-state index in [1.807, 2.05) is 60.7 Å². The Labute approximate surface area is 192 Å². The van der Waals surface area contributed by atoms with E-state index >= 15 is 0 Å². The van der Waals surface area contributed by atoms with Crippen molar-refractivity contribution >= 4 is 11.8 Å². The molecule has 0 aromatic heterocycles. The molecule has 33 heavy (non-hydrogen) atoms. The summed E-state index contributed by atoms with van der Waals surface area (Å²) in [4.78, 5) is 29.1. The van der Waals surface area contributed by atoms with Gasteiger partial charge < -0.3 is 14.9 Å². The smallest absolute Gasteiger partial charge is 0.242 e. The molecular formula is C27H25FN2O3. The van der Waals surface area contributed by atoms with Gasteiger partial charge in [-0.3, -0.25) is 9.59 Å². The molecule has 2 fully saturated rings. The second-order valence-electron chi connectivity index (χ2n) is 8.71. The highest BCUT2D eigenvalue weighted by Gasteiger charge is 2.54. The molecule has 2 saturated heterocycles. The summed E-state index contributed by atoms with van der Waals surface area (Å²) in [5.41, 5.74) is 3.61. The van der Waals surface area contributed by atoms with Gasteiger partial charge >= 0.3 is 0 Å². The van der Waals surface area contributed by atoms with E-state index in [4.69, 9.17) is 0 Å². The number of carbonyl (C=O) groups excluding carboxylic acids is 2. The van der Waals surface area contributed by atoms with Crippen molar-refractivity contribution in [2.75, 3.05) is 19.7 Å². The molecule has 6 heteroatoms. The van der Waals surface area contributed by atoms with Crippen molar-refractivity contribution < 1.29 is 19.1 Å². The lowest BCUT2D eigenvalue weighted by molar-refractivity contribution is -0.166. The van der Waals surface area contributed by atoms with E-state index in [0.717, 1.165) is 22.3 Å². The Kier molecular flexibility index (Phi) is 5.68. The molecule has 2 heterocycles. The number of aliphatic hydroxyl groups excluding tert-OH is 1. The van der Waals surface area contributed by atoms with Gasteiger partial charge in [0.1, 0.15) is 5.82 Å². The number of piperazine rings is 1. The van der Waals surface area contributed by atoms with E-state index < -0.39 is 0 Å². The molecule has 5 nitrogen and oxygen atoms in total. The van der Waals surface area contributed by atoms with Gasteiger partial charge in [0.05, 0.1) is 31.7 Å². The van der Waals surface area contributed by atoms with Crippen LogP contribution in [0.3, 0.4) is 0 Å². The van der Waals surface area contributed by atoms with Crippen LogP contribution in [-0.2, 0) is 16.0 Å². The number of halogens is 1. The first-order valence-electron chi connectivity index (χ1n) is 11.1. The summed E-state index contributed by atoms with van der Waals surface area (Å²) in [6.45, 7) is 0.366. The summed E-state index contributed by atoms with van der Waals surface area (Å²) >= 11 is 0. The molecule has 3 aromatic carbocycles. The van der Waals surface area contributed by atoms with E-state index in [0.29, 0.717) is 6.54 Å². The monoisotopic (exact) mass is 444 g/mol. The number of carbonyl (C=O) groups is 2. The normalized spacial score (nSPS) is 22.0. The highest BCUT2D eigenvalue weighted by molar-refractivity contribution is 5.88. The van der Waals surface area contributed by atoms with Crippen LogP contribution in [0.5, 0.6) is 0 Å². The van der Waals surface area contributed by atoms with Crippen molar-refractivity contribution in [2.24, 2.45) is 0 Å². The molecule has 1 N–H and O–H groups in total. The van der Waals surface area contributed by atoms with Crippen LogP contribution in [0.2, 0.25) is 0 Å². The van der Waals surface area contributed by atoms with Crippen LogP contribution in [0.25, 0.3) is 11.1 Å².